The molecule has 4 aromatic rings. The van der Waals surface area contributed by atoms with Crippen molar-refractivity contribution in [3.8, 4) is 11.4 Å². The van der Waals surface area contributed by atoms with Crippen molar-refractivity contribution in [2.45, 2.75) is 5.88 Å². The van der Waals surface area contributed by atoms with Crippen LogP contribution in [0.4, 0.5) is 0 Å². The van der Waals surface area contributed by atoms with Gasteiger partial charge in [0.05, 0.1) is 29.6 Å². The highest BCUT2D eigenvalue weighted by molar-refractivity contribution is 6.30. The van der Waals surface area contributed by atoms with Crippen LogP contribution >= 0.6 is 23.2 Å². The zero-order valence-corrected chi connectivity index (χ0v) is 14.6. The zero-order valence-electron chi connectivity index (χ0n) is 13.1. The van der Waals surface area contributed by atoms with Gasteiger partial charge in [0.2, 0.25) is 5.78 Å². The Hall–Kier alpha value is -2.57. The van der Waals surface area contributed by atoms with Crippen molar-refractivity contribution in [3.63, 3.8) is 0 Å². The standard InChI is InChI=1S/C17H12Cl2N4O2/c1-25-14-7-6-10(19)8-13(14)23-16(24)11-4-2-3-5-12(11)22-15(9-18)20-21-17(22)23/h2-8H,9H2,1H3. The van der Waals surface area contributed by atoms with Crippen molar-refractivity contribution in [1.82, 2.24) is 19.2 Å². The zero-order chi connectivity index (χ0) is 17.6. The van der Waals surface area contributed by atoms with Gasteiger partial charge in [-0.15, -0.1) is 21.8 Å². The maximum absolute atomic E-state index is 13.2. The summed E-state index contributed by atoms with van der Waals surface area (Å²) in [6.07, 6.45) is 0. The lowest BCUT2D eigenvalue weighted by molar-refractivity contribution is 0.413. The molecule has 2 heterocycles. The second-order valence-electron chi connectivity index (χ2n) is 5.36. The van der Waals surface area contributed by atoms with Crippen molar-refractivity contribution < 1.29 is 4.74 Å². The number of rotatable bonds is 3. The number of hydrogen-bond donors (Lipinski definition) is 0. The summed E-state index contributed by atoms with van der Waals surface area (Å²) < 4.78 is 8.61. The molecule has 0 amide bonds. The van der Waals surface area contributed by atoms with Crippen molar-refractivity contribution in [2.75, 3.05) is 7.11 Å². The Morgan fingerprint density at radius 1 is 1.16 bits per heavy atom. The maximum atomic E-state index is 13.2. The van der Waals surface area contributed by atoms with Gasteiger partial charge in [-0.1, -0.05) is 23.7 Å². The lowest BCUT2D eigenvalue weighted by Gasteiger charge is -2.14. The van der Waals surface area contributed by atoms with E-state index in [9.17, 15) is 4.79 Å². The van der Waals surface area contributed by atoms with Gasteiger partial charge in [-0.3, -0.25) is 9.20 Å². The molecule has 8 heteroatoms. The molecule has 6 nitrogen and oxygen atoms in total. The topological polar surface area (TPSA) is 61.4 Å². The molecule has 0 unspecified atom stereocenters. The molecule has 0 fully saturated rings. The number of nitrogens with zero attached hydrogens (tertiary/aromatic N) is 4. The first-order chi connectivity index (χ1) is 12.2. The summed E-state index contributed by atoms with van der Waals surface area (Å²) in [4.78, 5) is 13.2. The van der Waals surface area contributed by atoms with Crippen LogP contribution in [0.15, 0.2) is 47.3 Å². The third-order valence-electron chi connectivity index (χ3n) is 3.99. The van der Waals surface area contributed by atoms with Gasteiger partial charge in [0, 0.05) is 5.02 Å². The smallest absolute Gasteiger partial charge is 0.267 e. The first kappa shape index (κ1) is 15.9. The Bertz CT molecular complexity index is 1170. The van der Waals surface area contributed by atoms with Gasteiger partial charge < -0.3 is 4.74 Å². The van der Waals surface area contributed by atoms with Gasteiger partial charge in [-0.05, 0) is 30.3 Å². The van der Waals surface area contributed by atoms with Crippen LogP contribution in [0.5, 0.6) is 5.75 Å². The minimum Gasteiger partial charge on any atom is -0.495 e. The third-order valence-corrected chi connectivity index (χ3v) is 4.47. The molecule has 0 radical (unpaired) electrons. The molecule has 0 N–H and O–H groups in total. The molecule has 0 aliphatic carbocycles. The lowest BCUT2D eigenvalue weighted by Crippen LogP contribution is -2.22. The summed E-state index contributed by atoms with van der Waals surface area (Å²) in [5, 5.41) is 9.29. The molecule has 126 valence electrons. The molecule has 0 saturated heterocycles. The van der Waals surface area contributed by atoms with Crippen molar-refractivity contribution >= 4 is 39.9 Å². The second kappa shape index (κ2) is 6.06. The second-order valence-corrected chi connectivity index (χ2v) is 6.06. The fourth-order valence-corrected chi connectivity index (χ4v) is 3.24. The van der Waals surface area contributed by atoms with Gasteiger partial charge >= 0.3 is 0 Å². The summed E-state index contributed by atoms with van der Waals surface area (Å²) in [5.41, 5.74) is 0.946. The number of para-hydroxylation sites is 1. The first-order valence-electron chi connectivity index (χ1n) is 7.43. The highest BCUT2D eigenvalue weighted by Crippen LogP contribution is 2.28. The van der Waals surface area contributed by atoms with E-state index in [1.807, 2.05) is 12.1 Å². The summed E-state index contributed by atoms with van der Waals surface area (Å²) in [6.45, 7) is 0. The van der Waals surface area contributed by atoms with Gasteiger partial charge in [-0.25, -0.2) is 4.57 Å². The summed E-state index contributed by atoms with van der Waals surface area (Å²) in [7, 11) is 1.53. The Kier molecular flexibility index (Phi) is 3.86. The highest BCUT2D eigenvalue weighted by atomic mass is 35.5. The highest BCUT2D eigenvalue weighted by Gasteiger charge is 2.19. The predicted molar refractivity (Wildman–Crippen MR) is 97.2 cm³/mol. The molecule has 0 aliphatic rings. The number of aromatic nitrogens is 4. The maximum Gasteiger partial charge on any atom is 0.267 e. The molecule has 4 rings (SSSR count). The van der Waals surface area contributed by atoms with E-state index in [0.29, 0.717) is 39.0 Å². The Morgan fingerprint density at radius 3 is 2.72 bits per heavy atom. The lowest BCUT2D eigenvalue weighted by atomic mass is 10.2. The molecule has 2 aromatic heterocycles. The molecule has 0 spiro atoms. The van der Waals surface area contributed by atoms with Crippen LogP contribution in [-0.4, -0.2) is 26.3 Å². The molecule has 25 heavy (non-hydrogen) atoms. The normalized spacial score (nSPS) is 11.3. The van der Waals surface area contributed by atoms with Gasteiger partial charge in [0.1, 0.15) is 5.75 Å². The number of hydrogen-bond acceptors (Lipinski definition) is 4. The quantitative estimate of drug-likeness (QED) is 0.515. The minimum atomic E-state index is -0.239. The van der Waals surface area contributed by atoms with Crippen molar-refractivity contribution in [2.24, 2.45) is 0 Å². The van der Waals surface area contributed by atoms with Crippen LogP contribution in [0, 0.1) is 0 Å². The Morgan fingerprint density at radius 2 is 1.96 bits per heavy atom. The van der Waals surface area contributed by atoms with Crippen LogP contribution in [0.25, 0.3) is 22.4 Å². The van der Waals surface area contributed by atoms with E-state index in [2.05, 4.69) is 10.2 Å². The number of methoxy groups -OCH3 is 1. The molecule has 0 aliphatic heterocycles. The van der Waals surface area contributed by atoms with E-state index in [1.54, 1.807) is 34.7 Å². The fraction of sp³-hybridized carbons (Fsp3) is 0.118. The van der Waals surface area contributed by atoms with E-state index in [0.717, 1.165) is 0 Å². The van der Waals surface area contributed by atoms with E-state index < -0.39 is 0 Å². The molecule has 0 atom stereocenters. The average Bonchev–Trinajstić information content (AvgIpc) is 3.06. The summed E-state index contributed by atoms with van der Waals surface area (Å²) in [6, 6.07) is 12.3. The largest absolute Gasteiger partial charge is 0.495 e. The number of halogens is 2. The fourth-order valence-electron chi connectivity index (χ4n) is 2.90. The van der Waals surface area contributed by atoms with Gasteiger partial charge in [0.15, 0.2) is 5.82 Å². The number of fused-ring (bicyclic) bond motifs is 3. The molecular weight excluding hydrogens is 363 g/mol. The molecule has 0 saturated carbocycles. The summed E-state index contributed by atoms with van der Waals surface area (Å²) >= 11 is 12.2. The van der Waals surface area contributed by atoms with Crippen LogP contribution in [-0.2, 0) is 5.88 Å². The molecular formula is C17H12Cl2N4O2. The van der Waals surface area contributed by atoms with Gasteiger partial charge in [-0.2, -0.15) is 0 Å². The number of benzene rings is 2. The van der Waals surface area contributed by atoms with Crippen LogP contribution < -0.4 is 10.3 Å². The van der Waals surface area contributed by atoms with E-state index in [-0.39, 0.29) is 11.4 Å². The number of alkyl halides is 1. The Balaban J connectivity index is 2.25. The van der Waals surface area contributed by atoms with E-state index in [1.165, 1.54) is 11.7 Å². The summed E-state index contributed by atoms with van der Waals surface area (Å²) in [5.74, 6) is 1.55. The number of ether oxygens (including phenoxy) is 1. The van der Waals surface area contributed by atoms with Crippen LogP contribution in [0.3, 0.4) is 0 Å². The SMILES string of the molecule is COc1ccc(Cl)cc1-n1c(=O)c2ccccc2n2c(CCl)nnc12. The average molecular weight is 375 g/mol. The predicted octanol–water partition coefficient (Wildman–Crippen LogP) is 3.43. The van der Waals surface area contributed by atoms with Crippen molar-refractivity contribution in [3.05, 3.63) is 63.7 Å². The van der Waals surface area contributed by atoms with Gasteiger partial charge in [0.25, 0.3) is 5.56 Å². The minimum absolute atomic E-state index is 0.163. The van der Waals surface area contributed by atoms with Crippen molar-refractivity contribution in [1.29, 1.82) is 0 Å². The Labute approximate surface area is 152 Å². The van der Waals surface area contributed by atoms with Crippen LogP contribution in [0.1, 0.15) is 5.82 Å². The van der Waals surface area contributed by atoms with Crippen LogP contribution in [0.2, 0.25) is 5.02 Å². The molecule has 2 aromatic carbocycles. The third kappa shape index (κ3) is 2.37. The first-order valence-corrected chi connectivity index (χ1v) is 8.34. The van der Waals surface area contributed by atoms with E-state index >= 15 is 0 Å². The van der Waals surface area contributed by atoms with E-state index in [4.69, 9.17) is 27.9 Å². The monoisotopic (exact) mass is 374 g/mol. The molecule has 0 bridgehead atoms.